The zero-order valence-corrected chi connectivity index (χ0v) is 13.5. The van der Waals surface area contributed by atoms with E-state index >= 15 is 0 Å². The number of hydrogen-bond donors (Lipinski definition) is 2. The Labute approximate surface area is 127 Å². The molecule has 1 unspecified atom stereocenters. The first kappa shape index (κ1) is 17.9. The monoisotopic (exact) mass is 315 g/mol. The Balaban J connectivity index is 2.44. The van der Waals surface area contributed by atoms with Gasteiger partial charge in [0, 0.05) is 6.54 Å². The summed E-state index contributed by atoms with van der Waals surface area (Å²) in [6.07, 6.45) is -0.419. The van der Waals surface area contributed by atoms with Gasteiger partial charge in [-0.3, -0.25) is 0 Å². The van der Waals surface area contributed by atoms with E-state index in [2.05, 4.69) is 0 Å². The van der Waals surface area contributed by atoms with Gasteiger partial charge in [0.2, 0.25) is 0 Å². The largest absolute Gasteiger partial charge is 0.491 e. The number of rotatable bonds is 9. The molecule has 120 valence electrons. The van der Waals surface area contributed by atoms with Crippen molar-refractivity contribution < 1.29 is 18.3 Å². The molecule has 0 saturated carbocycles. The highest BCUT2D eigenvalue weighted by molar-refractivity contribution is 7.91. The second-order valence-electron chi connectivity index (χ2n) is 5.61. The lowest BCUT2D eigenvalue weighted by atomic mass is 10.2. The Morgan fingerprint density at radius 2 is 2.05 bits per heavy atom. The standard InChI is InChI=1S/C15H25NO4S/c1-12(2)6-7-21(18,19)11-14(17)10-20-15-5-3-4-13(8-15)9-16/h3-5,8,12,14,17H,6-7,9-11,16H2,1-2H3. The maximum atomic E-state index is 11.8. The number of nitrogens with two attached hydrogens (primary N) is 1. The molecule has 1 aromatic carbocycles. The Morgan fingerprint density at radius 1 is 1.33 bits per heavy atom. The van der Waals surface area contributed by atoms with E-state index in [1.165, 1.54) is 0 Å². The highest BCUT2D eigenvalue weighted by Gasteiger charge is 2.18. The van der Waals surface area contributed by atoms with Crippen molar-refractivity contribution in [1.29, 1.82) is 0 Å². The van der Waals surface area contributed by atoms with Crippen LogP contribution >= 0.6 is 0 Å². The van der Waals surface area contributed by atoms with Gasteiger partial charge in [0.25, 0.3) is 0 Å². The summed E-state index contributed by atoms with van der Waals surface area (Å²) in [5, 5.41) is 9.81. The molecule has 0 aliphatic heterocycles. The Bertz CT molecular complexity index is 528. The van der Waals surface area contributed by atoms with E-state index in [1.807, 2.05) is 26.0 Å². The molecular formula is C15H25NO4S. The molecule has 21 heavy (non-hydrogen) atoms. The van der Waals surface area contributed by atoms with Crippen LogP contribution < -0.4 is 10.5 Å². The fourth-order valence-electron chi connectivity index (χ4n) is 1.79. The van der Waals surface area contributed by atoms with Gasteiger partial charge in [0.05, 0.1) is 11.5 Å². The van der Waals surface area contributed by atoms with Crippen molar-refractivity contribution in [3.8, 4) is 5.75 Å². The van der Waals surface area contributed by atoms with Gasteiger partial charge >= 0.3 is 0 Å². The van der Waals surface area contributed by atoms with Gasteiger partial charge in [-0.1, -0.05) is 26.0 Å². The average Bonchev–Trinajstić information content (AvgIpc) is 2.43. The molecule has 0 heterocycles. The lowest BCUT2D eigenvalue weighted by Gasteiger charge is -2.14. The first-order valence-corrected chi connectivity index (χ1v) is 8.95. The minimum Gasteiger partial charge on any atom is -0.491 e. The van der Waals surface area contributed by atoms with Crippen LogP contribution in [-0.2, 0) is 16.4 Å². The van der Waals surface area contributed by atoms with Crippen LogP contribution in [-0.4, -0.2) is 37.7 Å². The van der Waals surface area contributed by atoms with Crippen molar-refractivity contribution in [2.45, 2.75) is 32.9 Å². The van der Waals surface area contributed by atoms with Crippen LogP contribution in [0.3, 0.4) is 0 Å². The molecule has 1 aromatic rings. The molecule has 0 aromatic heterocycles. The highest BCUT2D eigenvalue weighted by Crippen LogP contribution is 2.13. The van der Waals surface area contributed by atoms with Crippen LogP contribution in [0.2, 0.25) is 0 Å². The van der Waals surface area contributed by atoms with Crippen LogP contribution in [0.4, 0.5) is 0 Å². The summed E-state index contributed by atoms with van der Waals surface area (Å²) in [4.78, 5) is 0. The van der Waals surface area contributed by atoms with Gasteiger partial charge in [-0.25, -0.2) is 8.42 Å². The molecule has 1 atom stereocenters. The fraction of sp³-hybridized carbons (Fsp3) is 0.600. The third-order valence-electron chi connectivity index (χ3n) is 3.03. The molecule has 0 spiro atoms. The quantitative estimate of drug-likeness (QED) is 0.718. The Kier molecular flexibility index (Phi) is 7.14. The van der Waals surface area contributed by atoms with E-state index in [9.17, 15) is 13.5 Å². The smallest absolute Gasteiger partial charge is 0.152 e. The maximum Gasteiger partial charge on any atom is 0.152 e. The van der Waals surface area contributed by atoms with Crippen molar-refractivity contribution >= 4 is 9.84 Å². The third-order valence-corrected chi connectivity index (χ3v) is 4.78. The summed E-state index contributed by atoms with van der Waals surface area (Å²) in [6, 6.07) is 7.21. The van der Waals surface area contributed by atoms with Gasteiger partial charge in [0.15, 0.2) is 9.84 Å². The molecule has 1 rings (SSSR count). The number of aliphatic hydroxyl groups excluding tert-OH is 1. The number of benzene rings is 1. The van der Waals surface area contributed by atoms with Crippen LogP contribution in [0.5, 0.6) is 5.75 Å². The molecule has 3 N–H and O–H groups in total. The van der Waals surface area contributed by atoms with Gasteiger partial charge in [-0.05, 0) is 30.0 Å². The van der Waals surface area contributed by atoms with E-state index in [4.69, 9.17) is 10.5 Å². The topological polar surface area (TPSA) is 89.6 Å². The van der Waals surface area contributed by atoms with E-state index in [0.29, 0.717) is 24.6 Å². The molecule has 0 bridgehead atoms. The van der Waals surface area contributed by atoms with Crippen molar-refractivity contribution in [3.63, 3.8) is 0 Å². The highest BCUT2D eigenvalue weighted by atomic mass is 32.2. The number of aliphatic hydroxyl groups is 1. The molecule has 0 aliphatic carbocycles. The van der Waals surface area contributed by atoms with E-state index < -0.39 is 15.9 Å². The molecule has 6 heteroatoms. The zero-order valence-electron chi connectivity index (χ0n) is 12.7. The van der Waals surface area contributed by atoms with E-state index in [0.717, 1.165) is 5.56 Å². The molecular weight excluding hydrogens is 290 g/mol. The SMILES string of the molecule is CC(C)CCS(=O)(=O)CC(O)COc1cccc(CN)c1. The first-order chi connectivity index (χ1) is 9.82. The van der Waals surface area contributed by atoms with Gasteiger partial charge in [-0.15, -0.1) is 0 Å². The van der Waals surface area contributed by atoms with Crippen LogP contribution in [0.25, 0.3) is 0 Å². The van der Waals surface area contributed by atoms with Crippen LogP contribution in [0, 0.1) is 5.92 Å². The minimum absolute atomic E-state index is 0.0467. The van der Waals surface area contributed by atoms with Crippen molar-refractivity contribution in [2.24, 2.45) is 11.7 Å². The molecule has 5 nitrogen and oxygen atoms in total. The molecule has 0 amide bonds. The second-order valence-corrected chi connectivity index (χ2v) is 7.84. The van der Waals surface area contributed by atoms with Crippen LogP contribution in [0.1, 0.15) is 25.8 Å². The zero-order chi connectivity index (χ0) is 15.9. The summed E-state index contributed by atoms with van der Waals surface area (Å²) in [5.41, 5.74) is 6.45. The van der Waals surface area contributed by atoms with Gasteiger partial charge in [-0.2, -0.15) is 0 Å². The molecule has 0 saturated heterocycles. The molecule has 0 fully saturated rings. The number of ether oxygens (including phenoxy) is 1. The van der Waals surface area contributed by atoms with Gasteiger partial charge in [0.1, 0.15) is 18.5 Å². The van der Waals surface area contributed by atoms with Crippen molar-refractivity contribution in [1.82, 2.24) is 0 Å². The summed E-state index contributed by atoms with van der Waals surface area (Å²) < 4.78 is 29.1. The normalized spacial score (nSPS) is 13.4. The predicted molar refractivity (Wildman–Crippen MR) is 83.9 cm³/mol. The summed E-state index contributed by atoms with van der Waals surface area (Å²) in [7, 11) is -3.24. The van der Waals surface area contributed by atoms with E-state index in [1.54, 1.807) is 12.1 Å². The second kappa shape index (κ2) is 8.36. The first-order valence-electron chi connectivity index (χ1n) is 7.12. The third kappa shape index (κ3) is 7.45. The Hall–Kier alpha value is -1.11. The number of sulfone groups is 1. The van der Waals surface area contributed by atoms with E-state index in [-0.39, 0.29) is 18.1 Å². The van der Waals surface area contributed by atoms with Crippen molar-refractivity contribution in [2.75, 3.05) is 18.1 Å². The number of hydrogen-bond acceptors (Lipinski definition) is 5. The summed E-state index contributed by atoms with van der Waals surface area (Å²) in [6.45, 7) is 4.30. The Morgan fingerprint density at radius 3 is 2.67 bits per heavy atom. The predicted octanol–water partition coefficient (Wildman–Crippen LogP) is 1.35. The summed E-state index contributed by atoms with van der Waals surface area (Å²) in [5.74, 6) is 0.740. The average molecular weight is 315 g/mol. The molecule has 0 radical (unpaired) electrons. The fourth-order valence-corrected chi connectivity index (χ4v) is 3.47. The van der Waals surface area contributed by atoms with Crippen LogP contribution in [0.15, 0.2) is 24.3 Å². The van der Waals surface area contributed by atoms with Gasteiger partial charge < -0.3 is 15.6 Å². The molecule has 0 aliphatic rings. The summed E-state index contributed by atoms with van der Waals surface area (Å²) >= 11 is 0. The lowest BCUT2D eigenvalue weighted by Crippen LogP contribution is -2.28. The van der Waals surface area contributed by atoms with Crippen molar-refractivity contribution in [3.05, 3.63) is 29.8 Å². The minimum atomic E-state index is -3.24. The lowest BCUT2D eigenvalue weighted by molar-refractivity contribution is 0.125. The maximum absolute atomic E-state index is 11.8.